The summed E-state index contributed by atoms with van der Waals surface area (Å²) >= 11 is 0. The molecule has 27 heavy (non-hydrogen) atoms. The van der Waals surface area contributed by atoms with E-state index in [-0.39, 0.29) is 36.6 Å². The third-order valence-electron chi connectivity index (χ3n) is 3.75. The van der Waals surface area contributed by atoms with Crippen LogP contribution in [-0.2, 0) is 11.0 Å². The number of amides is 1. The molecule has 0 atom stereocenters. The monoisotopic (exact) mass is 373 g/mol. The summed E-state index contributed by atoms with van der Waals surface area (Å²) < 4.78 is 37.9. The van der Waals surface area contributed by atoms with Gasteiger partial charge in [0, 0.05) is 24.0 Å². The van der Waals surface area contributed by atoms with Crippen molar-refractivity contribution >= 4 is 11.7 Å². The highest BCUT2D eigenvalue weighted by molar-refractivity contribution is 5.97. The van der Waals surface area contributed by atoms with Gasteiger partial charge in [0.05, 0.1) is 12.1 Å². The van der Waals surface area contributed by atoms with Crippen LogP contribution in [0.1, 0.15) is 39.9 Å². The second-order valence-corrected chi connectivity index (χ2v) is 5.95. The number of carbonyl (C=O) groups is 2. The highest BCUT2D eigenvalue weighted by Gasteiger charge is 2.30. The van der Waals surface area contributed by atoms with Crippen molar-refractivity contribution in [3.8, 4) is 11.8 Å². The van der Waals surface area contributed by atoms with Crippen LogP contribution in [0.25, 0.3) is 0 Å². The molecule has 1 N–H and O–H groups in total. The first-order chi connectivity index (χ1) is 12.8. The molecule has 0 spiro atoms. The van der Waals surface area contributed by atoms with Gasteiger partial charge in [-0.25, -0.2) is 0 Å². The summed E-state index contributed by atoms with van der Waals surface area (Å²) in [5.74, 6) is 4.72. The minimum Gasteiger partial charge on any atom is -0.345 e. The lowest BCUT2D eigenvalue weighted by Crippen LogP contribution is -2.24. The van der Waals surface area contributed by atoms with E-state index in [0.717, 1.165) is 17.7 Å². The third kappa shape index (κ3) is 6.63. The first-order valence-electron chi connectivity index (χ1n) is 8.28. The van der Waals surface area contributed by atoms with Crippen molar-refractivity contribution in [1.82, 2.24) is 5.32 Å². The van der Waals surface area contributed by atoms with Gasteiger partial charge in [-0.15, -0.1) is 0 Å². The van der Waals surface area contributed by atoms with Crippen molar-refractivity contribution in [1.29, 1.82) is 0 Å². The van der Waals surface area contributed by atoms with E-state index in [1.807, 2.05) is 19.1 Å². The summed E-state index contributed by atoms with van der Waals surface area (Å²) in [6.45, 7) is 1.91. The lowest BCUT2D eigenvalue weighted by atomic mass is 10.1. The molecule has 3 nitrogen and oxygen atoms in total. The molecule has 0 saturated heterocycles. The molecule has 2 aromatic carbocycles. The van der Waals surface area contributed by atoms with Gasteiger partial charge < -0.3 is 5.32 Å². The minimum atomic E-state index is -4.42. The molecule has 140 valence electrons. The van der Waals surface area contributed by atoms with Gasteiger partial charge in [-0.2, -0.15) is 13.2 Å². The van der Waals surface area contributed by atoms with Crippen molar-refractivity contribution in [3.05, 3.63) is 70.8 Å². The fourth-order valence-corrected chi connectivity index (χ4v) is 2.26. The van der Waals surface area contributed by atoms with Crippen molar-refractivity contribution < 1.29 is 22.8 Å². The standard InChI is InChI=1S/C21H18F3NO2/c1-15-7-9-17(10-8-15)19(26)11-12-20(27)25-13-3-5-16-4-2-6-18(14-16)21(22,23)24/h2,4,6-10,14H,11-13H2,1H3,(H,25,27). The van der Waals surface area contributed by atoms with E-state index >= 15 is 0 Å². The number of nitrogens with one attached hydrogen (secondary N) is 1. The highest BCUT2D eigenvalue weighted by Crippen LogP contribution is 2.29. The molecule has 0 aliphatic carbocycles. The molecule has 0 bridgehead atoms. The largest absolute Gasteiger partial charge is 0.416 e. The molecule has 0 radical (unpaired) electrons. The molecule has 0 saturated carbocycles. The first-order valence-corrected chi connectivity index (χ1v) is 8.28. The number of benzene rings is 2. The van der Waals surface area contributed by atoms with Crippen molar-refractivity contribution in [2.45, 2.75) is 25.9 Å². The van der Waals surface area contributed by atoms with Crippen LogP contribution < -0.4 is 5.32 Å². The molecule has 0 fully saturated rings. The van der Waals surface area contributed by atoms with Crippen molar-refractivity contribution in [2.24, 2.45) is 0 Å². The molecule has 1 amide bonds. The second-order valence-electron chi connectivity index (χ2n) is 5.95. The third-order valence-corrected chi connectivity index (χ3v) is 3.75. The zero-order chi connectivity index (χ0) is 19.9. The molecular formula is C21H18F3NO2. The number of carbonyl (C=O) groups excluding carboxylic acids is 2. The minimum absolute atomic E-state index is 0.00615. The molecule has 2 aromatic rings. The maximum atomic E-state index is 12.6. The van der Waals surface area contributed by atoms with E-state index in [1.165, 1.54) is 12.1 Å². The fourth-order valence-electron chi connectivity index (χ4n) is 2.26. The highest BCUT2D eigenvalue weighted by atomic mass is 19.4. The molecule has 0 unspecified atom stereocenters. The molecular weight excluding hydrogens is 355 g/mol. The lowest BCUT2D eigenvalue weighted by Gasteiger charge is -2.05. The Morgan fingerprint density at radius 2 is 1.74 bits per heavy atom. The summed E-state index contributed by atoms with van der Waals surface area (Å²) in [5, 5.41) is 2.53. The quantitative estimate of drug-likeness (QED) is 0.632. The van der Waals surface area contributed by atoms with Gasteiger partial charge in [-0.3, -0.25) is 9.59 Å². The van der Waals surface area contributed by atoms with Crippen molar-refractivity contribution in [3.63, 3.8) is 0 Å². The molecule has 0 aliphatic heterocycles. The predicted molar refractivity (Wildman–Crippen MR) is 96.1 cm³/mol. The number of hydrogen-bond donors (Lipinski definition) is 1. The van der Waals surface area contributed by atoms with Gasteiger partial charge in [-0.1, -0.05) is 47.7 Å². The van der Waals surface area contributed by atoms with Crippen molar-refractivity contribution in [2.75, 3.05) is 6.54 Å². The number of hydrogen-bond acceptors (Lipinski definition) is 2. The van der Waals surface area contributed by atoms with Gasteiger partial charge in [0.15, 0.2) is 5.78 Å². The summed E-state index contributed by atoms with van der Waals surface area (Å²) in [6, 6.07) is 11.8. The van der Waals surface area contributed by atoms with Crippen LogP contribution in [0.3, 0.4) is 0 Å². The van der Waals surface area contributed by atoms with E-state index in [9.17, 15) is 22.8 Å². The summed E-state index contributed by atoms with van der Waals surface area (Å²) in [6.07, 6.45) is -4.32. The van der Waals surface area contributed by atoms with E-state index in [2.05, 4.69) is 17.2 Å². The summed E-state index contributed by atoms with van der Waals surface area (Å²) in [7, 11) is 0. The Morgan fingerprint density at radius 1 is 1.04 bits per heavy atom. The Hall–Kier alpha value is -3.07. The lowest BCUT2D eigenvalue weighted by molar-refractivity contribution is -0.137. The maximum Gasteiger partial charge on any atom is 0.416 e. The molecule has 0 aliphatic rings. The Balaban J connectivity index is 1.79. The van der Waals surface area contributed by atoms with Crippen LogP contribution in [0.2, 0.25) is 0 Å². The number of rotatable bonds is 5. The number of Topliss-reactive ketones (excluding diaryl/α,β-unsaturated/α-hetero) is 1. The maximum absolute atomic E-state index is 12.6. The summed E-state index contributed by atoms with van der Waals surface area (Å²) in [4.78, 5) is 23.7. The Bertz CT molecular complexity index is 875. The van der Waals surface area contributed by atoms with Gasteiger partial charge >= 0.3 is 6.18 Å². The van der Waals surface area contributed by atoms with Crippen LogP contribution in [0, 0.1) is 18.8 Å². The average molecular weight is 373 g/mol. The number of alkyl halides is 3. The zero-order valence-corrected chi connectivity index (χ0v) is 14.7. The van der Waals surface area contributed by atoms with Gasteiger partial charge in [0.2, 0.25) is 5.91 Å². The topological polar surface area (TPSA) is 46.2 Å². The molecule has 6 heteroatoms. The van der Waals surface area contributed by atoms with Crippen LogP contribution in [0.4, 0.5) is 13.2 Å². The smallest absolute Gasteiger partial charge is 0.345 e. The van der Waals surface area contributed by atoms with Crippen LogP contribution in [0.15, 0.2) is 48.5 Å². The summed E-state index contributed by atoms with van der Waals surface area (Å²) in [5.41, 5.74) is 1.04. The Morgan fingerprint density at radius 3 is 2.41 bits per heavy atom. The number of halogens is 3. The van der Waals surface area contributed by atoms with Gasteiger partial charge in [-0.05, 0) is 25.1 Å². The molecule has 2 rings (SSSR count). The Kier molecular flexibility index (Phi) is 6.78. The van der Waals surface area contributed by atoms with Gasteiger partial charge in [0.1, 0.15) is 0 Å². The number of ketones is 1. The van der Waals surface area contributed by atoms with Gasteiger partial charge in [0.25, 0.3) is 0 Å². The van der Waals surface area contributed by atoms with E-state index in [0.29, 0.717) is 5.56 Å². The fraction of sp³-hybridized carbons (Fsp3) is 0.238. The Labute approximate surface area is 155 Å². The van der Waals surface area contributed by atoms with Crippen LogP contribution >= 0.6 is 0 Å². The van der Waals surface area contributed by atoms with Crippen LogP contribution in [0.5, 0.6) is 0 Å². The second kappa shape index (κ2) is 9.04. The normalized spacial score (nSPS) is 10.7. The van der Waals surface area contributed by atoms with Crippen LogP contribution in [-0.4, -0.2) is 18.2 Å². The average Bonchev–Trinajstić information content (AvgIpc) is 2.63. The number of aryl methyl sites for hydroxylation is 1. The van der Waals surface area contributed by atoms with E-state index in [1.54, 1.807) is 12.1 Å². The zero-order valence-electron chi connectivity index (χ0n) is 14.7. The first kappa shape index (κ1) is 20.2. The van der Waals surface area contributed by atoms with E-state index < -0.39 is 11.7 Å². The predicted octanol–water partition coefficient (Wildman–Crippen LogP) is 4.14. The molecule has 0 aromatic heterocycles. The molecule has 0 heterocycles. The SMILES string of the molecule is Cc1ccc(C(=O)CCC(=O)NCC#Cc2cccc(C(F)(F)F)c2)cc1. The van der Waals surface area contributed by atoms with E-state index in [4.69, 9.17) is 0 Å².